The number of aromatic nitrogens is 6. The predicted molar refractivity (Wildman–Crippen MR) is 122 cm³/mol. The number of hydrogen-bond acceptors (Lipinski definition) is 7. The highest BCUT2D eigenvalue weighted by molar-refractivity contribution is 7.05. The van der Waals surface area contributed by atoms with Gasteiger partial charge in [-0.2, -0.15) is 9.47 Å². The number of ether oxygens (including phenoxy) is 1. The smallest absolute Gasteiger partial charge is 0.154 e. The number of rotatable bonds is 6. The second-order valence-electron chi connectivity index (χ2n) is 8.25. The fraction of sp³-hybridized carbons (Fsp3) is 0.455. The quantitative estimate of drug-likeness (QED) is 0.493. The molecular weight excluding hydrogens is 410 g/mol. The molecule has 4 aromatic rings. The first-order chi connectivity index (χ1) is 15.1. The first-order valence-electron chi connectivity index (χ1n) is 10.7. The molecule has 1 aliphatic rings. The van der Waals surface area contributed by atoms with Gasteiger partial charge < -0.3 is 14.6 Å². The summed E-state index contributed by atoms with van der Waals surface area (Å²) in [6.07, 6.45) is 11.2. The third-order valence-corrected chi connectivity index (χ3v) is 6.78. The molecule has 8 nitrogen and oxygen atoms in total. The van der Waals surface area contributed by atoms with E-state index >= 15 is 0 Å². The molecule has 1 aliphatic carbocycles. The zero-order valence-corrected chi connectivity index (χ0v) is 18.9. The number of nitrogens with one attached hydrogen (secondary N) is 1. The molecular formula is C22H27N7OS. The third-order valence-electron chi connectivity index (χ3n) is 5.91. The van der Waals surface area contributed by atoms with Gasteiger partial charge in [0.2, 0.25) is 0 Å². The van der Waals surface area contributed by atoms with E-state index in [0.717, 1.165) is 59.7 Å². The van der Waals surface area contributed by atoms with Crippen molar-refractivity contribution in [3.05, 3.63) is 47.1 Å². The van der Waals surface area contributed by atoms with Gasteiger partial charge in [0, 0.05) is 43.9 Å². The lowest BCUT2D eigenvalue weighted by Crippen LogP contribution is -2.29. The van der Waals surface area contributed by atoms with Crippen LogP contribution < -0.4 is 5.32 Å². The minimum atomic E-state index is 0.368. The summed E-state index contributed by atoms with van der Waals surface area (Å²) in [6, 6.07) is 4.54. The van der Waals surface area contributed by atoms with E-state index in [2.05, 4.69) is 31.5 Å². The summed E-state index contributed by atoms with van der Waals surface area (Å²) in [6.45, 7) is 2.02. The monoisotopic (exact) mass is 437 g/mol. The van der Waals surface area contributed by atoms with Crippen LogP contribution in [0.15, 0.2) is 30.7 Å². The van der Waals surface area contributed by atoms with E-state index in [1.54, 1.807) is 7.11 Å². The van der Waals surface area contributed by atoms with Crippen molar-refractivity contribution >= 4 is 28.4 Å². The molecule has 0 radical (unpaired) electrons. The summed E-state index contributed by atoms with van der Waals surface area (Å²) < 4.78 is 13.9. The van der Waals surface area contributed by atoms with Gasteiger partial charge in [-0.25, -0.2) is 9.97 Å². The Hall–Kier alpha value is -2.78. The Balaban J connectivity index is 1.52. The molecule has 0 spiro atoms. The first-order valence-corrected chi connectivity index (χ1v) is 11.4. The summed E-state index contributed by atoms with van der Waals surface area (Å²) in [7, 11) is 3.73. The lowest BCUT2D eigenvalue weighted by Gasteiger charge is -2.29. The average Bonchev–Trinajstić information content (AvgIpc) is 3.48. The minimum Gasteiger partial charge on any atom is -0.381 e. The van der Waals surface area contributed by atoms with Crippen molar-refractivity contribution in [2.24, 2.45) is 7.05 Å². The van der Waals surface area contributed by atoms with E-state index < -0.39 is 0 Å². The largest absolute Gasteiger partial charge is 0.381 e. The molecule has 0 aromatic carbocycles. The molecule has 9 heteroatoms. The normalized spacial score (nSPS) is 19.2. The zero-order valence-electron chi connectivity index (χ0n) is 18.1. The van der Waals surface area contributed by atoms with Crippen LogP contribution in [0, 0.1) is 6.92 Å². The molecule has 5 rings (SSSR count). The van der Waals surface area contributed by atoms with E-state index in [-0.39, 0.29) is 0 Å². The maximum absolute atomic E-state index is 5.54. The maximum Gasteiger partial charge on any atom is 0.154 e. The van der Waals surface area contributed by atoms with E-state index in [4.69, 9.17) is 14.7 Å². The molecule has 1 N–H and O–H groups in total. The lowest BCUT2D eigenvalue weighted by atomic mass is 9.93. The van der Waals surface area contributed by atoms with Crippen LogP contribution in [0.5, 0.6) is 0 Å². The van der Waals surface area contributed by atoms with Gasteiger partial charge in [-0.3, -0.25) is 4.68 Å². The Labute approximate surface area is 185 Å². The predicted octanol–water partition coefficient (Wildman–Crippen LogP) is 3.88. The van der Waals surface area contributed by atoms with Crippen molar-refractivity contribution in [2.45, 2.75) is 51.2 Å². The lowest BCUT2D eigenvalue weighted by molar-refractivity contribution is 0.0681. The summed E-state index contributed by atoms with van der Waals surface area (Å²) in [5.74, 6) is 1.70. The molecule has 31 heavy (non-hydrogen) atoms. The van der Waals surface area contributed by atoms with Crippen molar-refractivity contribution in [1.29, 1.82) is 0 Å². The Morgan fingerprint density at radius 1 is 1.23 bits per heavy atom. The van der Waals surface area contributed by atoms with Crippen molar-refractivity contribution in [3.8, 4) is 5.69 Å². The van der Waals surface area contributed by atoms with Gasteiger partial charge in [-0.05, 0) is 56.3 Å². The Bertz CT molecular complexity index is 1190. The van der Waals surface area contributed by atoms with Gasteiger partial charge in [0.05, 0.1) is 29.2 Å². The van der Waals surface area contributed by atoms with Crippen molar-refractivity contribution in [2.75, 3.05) is 12.4 Å². The van der Waals surface area contributed by atoms with Crippen LogP contribution in [-0.2, 0) is 18.2 Å². The Kier molecular flexibility index (Phi) is 5.45. The zero-order chi connectivity index (χ0) is 21.4. The molecule has 0 amide bonds. The summed E-state index contributed by atoms with van der Waals surface area (Å²) in [4.78, 5) is 11.0. The van der Waals surface area contributed by atoms with Crippen LogP contribution in [-0.4, -0.2) is 47.9 Å². The standard InChI is InChI=1S/C22H27N7OS/c1-14-10-18(31-27-14)11-20-25-19-8-9-29(16-12-23-28(2)13-16)21(19)22(26-20)24-15-4-6-17(30-3)7-5-15/h8-10,12-13,15,17H,4-7,11H2,1-3H3,(H,24,25,26). The first kappa shape index (κ1) is 20.1. The number of hydrogen-bond donors (Lipinski definition) is 1. The SMILES string of the molecule is COC1CCC(Nc2nc(Cc3cc(C)ns3)nc3ccn(-c4cnn(C)c4)c23)CC1. The Morgan fingerprint density at radius 2 is 2.06 bits per heavy atom. The molecule has 0 bridgehead atoms. The number of aryl methyl sites for hydroxylation is 2. The number of anilines is 1. The van der Waals surface area contributed by atoms with Crippen molar-refractivity contribution in [1.82, 2.24) is 28.7 Å². The molecule has 0 aliphatic heterocycles. The van der Waals surface area contributed by atoms with Gasteiger partial charge in [-0.15, -0.1) is 0 Å². The van der Waals surface area contributed by atoms with Crippen molar-refractivity contribution < 1.29 is 4.74 Å². The molecule has 0 unspecified atom stereocenters. The number of nitrogens with zero attached hydrogens (tertiary/aromatic N) is 6. The highest BCUT2D eigenvalue weighted by Gasteiger charge is 2.23. The highest BCUT2D eigenvalue weighted by Crippen LogP contribution is 2.29. The van der Waals surface area contributed by atoms with Crippen LogP contribution in [0.25, 0.3) is 16.7 Å². The van der Waals surface area contributed by atoms with Gasteiger partial charge in [0.25, 0.3) is 0 Å². The van der Waals surface area contributed by atoms with Gasteiger partial charge in [0.15, 0.2) is 5.82 Å². The fourth-order valence-corrected chi connectivity index (χ4v) is 5.04. The maximum atomic E-state index is 5.54. The summed E-state index contributed by atoms with van der Waals surface area (Å²) in [5, 5.41) is 8.07. The molecule has 4 aromatic heterocycles. The molecule has 4 heterocycles. The van der Waals surface area contributed by atoms with Gasteiger partial charge in [0.1, 0.15) is 11.3 Å². The fourth-order valence-electron chi connectivity index (χ4n) is 4.31. The molecule has 0 atom stereocenters. The van der Waals surface area contributed by atoms with Crippen LogP contribution in [0.2, 0.25) is 0 Å². The van der Waals surface area contributed by atoms with Crippen LogP contribution in [0.1, 0.15) is 42.1 Å². The Morgan fingerprint density at radius 3 is 2.74 bits per heavy atom. The second kappa shape index (κ2) is 8.39. The molecule has 1 saturated carbocycles. The molecule has 1 fully saturated rings. The van der Waals surface area contributed by atoms with Crippen LogP contribution >= 0.6 is 11.5 Å². The summed E-state index contributed by atoms with van der Waals surface area (Å²) >= 11 is 1.52. The van der Waals surface area contributed by atoms with E-state index in [1.807, 2.05) is 37.2 Å². The molecule has 0 saturated heterocycles. The number of methoxy groups -OCH3 is 1. The summed E-state index contributed by atoms with van der Waals surface area (Å²) in [5.41, 5.74) is 3.96. The highest BCUT2D eigenvalue weighted by atomic mass is 32.1. The van der Waals surface area contributed by atoms with Crippen LogP contribution in [0.3, 0.4) is 0 Å². The minimum absolute atomic E-state index is 0.368. The van der Waals surface area contributed by atoms with Crippen LogP contribution in [0.4, 0.5) is 5.82 Å². The topological polar surface area (TPSA) is 82.7 Å². The van der Waals surface area contributed by atoms with E-state index in [0.29, 0.717) is 18.6 Å². The second-order valence-corrected chi connectivity index (χ2v) is 9.13. The van der Waals surface area contributed by atoms with Gasteiger partial charge in [-0.1, -0.05) is 0 Å². The van der Waals surface area contributed by atoms with E-state index in [1.165, 1.54) is 16.4 Å². The van der Waals surface area contributed by atoms with E-state index in [9.17, 15) is 0 Å². The van der Waals surface area contributed by atoms with Crippen molar-refractivity contribution in [3.63, 3.8) is 0 Å². The average molecular weight is 438 g/mol. The third kappa shape index (κ3) is 4.20. The molecule has 162 valence electrons. The number of fused-ring (bicyclic) bond motifs is 1. The van der Waals surface area contributed by atoms with Gasteiger partial charge >= 0.3 is 0 Å².